The Kier molecular flexibility index (Phi) is 7.69. The van der Waals surface area contributed by atoms with E-state index in [4.69, 9.17) is 0 Å². The van der Waals surface area contributed by atoms with Crippen molar-refractivity contribution in [3.8, 4) is 0 Å². The Labute approximate surface area is 93.5 Å². The third-order valence-corrected chi connectivity index (χ3v) is 2.44. The second-order valence-corrected chi connectivity index (χ2v) is 3.64. The molecule has 0 heterocycles. The van der Waals surface area contributed by atoms with Crippen LogP contribution in [0.15, 0.2) is 22.9 Å². The lowest BCUT2D eigenvalue weighted by molar-refractivity contribution is -0.108. The predicted molar refractivity (Wildman–Crippen MR) is 65.5 cm³/mol. The van der Waals surface area contributed by atoms with Gasteiger partial charge in [0.2, 0.25) is 6.41 Å². The maximum atomic E-state index is 10.2. The van der Waals surface area contributed by atoms with Crippen LogP contribution in [0.3, 0.4) is 0 Å². The van der Waals surface area contributed by atoms with Crippen molar-refractivity contribution in [1.29, 1.82) is 0 Å². The largest absolute Gasteiger partial charge is 0.335 e. The van der Waals surface area contributed by atoms with Gasteiger partial charge in [0.15, 0.2) is 0 Å². The molecule has 0 aromatic heterocycles. The molecule has 15 heavy (non-hydrogen) atoms. The summed E-state index contributed by atoms with van der Waals surface area (Å²) >= 11 is 0. The predicted octanol–water partition coefficient (Wildman–Crippen LogP) is 3.55. The molecule has 1 aliphatic rings. The smallest absolute Gasteiger partial charge is 0.211 e. The number of allylic oxidation sites excluding steroid dienone is 3. The van der Waals surface area contributed by atoms with Crippen LogP contribution in [0.4, 0.5) is 0 Å². The Morgan fingerprint density at radius 3 is 2.33 bits per heavy atom. The maximum Gasteiger partial charge on any atom is 0.211 e. The number of carbonyl (C=O) groups is 1. The molecular weight excluding hydrogens is 186 g/mol. The molecule has 1 amide bonds. The zero-order chi connectivity index (χ0) is 11.7. The molecular formula is C13H23NO. The molecule has 0 aromatic rings. The van der Waals surface area contributed by atoms with Crippen LogP contribution < -0.4 is 5.32 Å². The SMILES string of the molecule is CC.CC(C)=C1CCCC/C1=C/NC=O. The molecule has 1 fully saturated rings. The average Bonchev–Trinajstić information content (AvgIpc) is 2.29. The molecule has 0 saturated heterocycles. The molecule has 0 bridgehead atoms. The van der Waals surface area contributed by atoms with E-state index in [0.717, 1.165) is 19.3 Å². The highest BCUT2D eigenvalue weighted by Gasteiger charge is 2.12. The van der Waals surface area contributed by atoms with E-state index >= 15 is 0 Å². The summed E-state index contributed by atoms with van der Waals surface area (Å²) in [6.07, 6.45) is 7.34. The van der Waals surface area contributed by atoms with Gasteiger partial charge in [0.05, 0.1) is 0 Å². The van der Waals surface area contributed by atoms with Crippen molar-refractivity contribution in [2.24, 2.45) is 0 Å². The minimum absolute atomic E-state index is 0.726. The molecule has 1 N–H and O–H groups in total. The average molecular weight is 209 g/mol. The van der Waals surface area contributed by atoms with Gasteiger partial charge >= 0.3 is 0 Å². The van der Waals surface area contributed by atoms with Crippen molar-refractivity contribution >= 4 is 6.41 Å². The molecule has 0 radical (unpaired) electrons. The second kappa shape index (κ2) is 8.27. The first-order valence-electron chi connectivity index (χ1n) is 5.81. The van der Waals surface area contributed by atoms with Crippen molar-refractivity contribution in [3.05, 3.63) is 22.9 Å². The van der Waals surface area contributed by atoms with Gasteiger partial charge in [-0.05, 0) is 50.7 Å². The third-order valence-electron chi connectivity index (χ3n) is 2.44. The lowest BCUT2D eigenvalue weighted by Gasteiger charge is -2.19. The van der Waals surface area contributed by atoms with Crippen LogP contribution in [0.1, 0.15) is 53.4 Å². The Morgan fingerprint density at radius 2 is 1.80 bits per heavy atom. The summed E-state index contributed by atoms with van der Waals surface area (Å²) in [6, 6.07) is 0. The van der Waals surface area contributed by atoms with E-state index in [1.54, 1.807) is 0 Å². The Hall–Kier alpha value is -1.05. The van der Waals surface area contributed by atoms with Crippen LogP contribution >= 0.6 is 0 Å². The van der Waals surface area contributed by atoms with Crippen LogP contribution in [0.25, 0.3) is 0 Å². The molecule has 1 aliphatic carbocycles. The summed E-state index contributed by atoms with van der Waals surface area (Å²) in [7, 11) is 0. The fourth-order valence-corrected chi connectivity index (χ4v) is 1.79. The molecule has 86 valence electrons. The zero-order valence-electron chi connectivity index (χ0n) is 10.4. The first-order valence-corrected chi connectivity index (χ1v) is 5.81. The van der Waals surface area contributed by atoms with Gasteiger partial charge in [0, 0.05) is 6.20 Å². The van der Waals surface area contributed by atoms with Crippen LogP contribution in [0.5, 0.6) is 0 Å². The number of nitrogens with one attached hydrogen (secondary N) is 1. The molecule has 1 rings (SSSR count). The quantitative estimate of drug-likeness (QED) is 0.692. The fraction of sp³-hybridized carbons (Fsp3) is 0.615. The lowest BCUT2D eigenvalue weighted by atomic mass is 9.87. The van der Waals surface area contributed by atoms with Crippen LogP contribution in [0, 0.1) is 0 Å². The molecule has 2 nitrogen and oxygen atoms in total. The molecule has 1 saturated carbocycles. The zero-order valence-corrected chi connectivity index (χ0v) is 10.4. The third kappa shape index (κ3) is 4.82. The Morgan fingerprint density at radius 1 is 1.20 bits per heavy atom. The summed E-state index contributed by atoms with van der Waals surface area (Å²) in [4.78, 5) is 10.2. The summed E-state index contributed by atoms with van der Waals surface area (Å²) in [6.45, 7) is 8.27. The van der Waals surface area contributed by atoms with Crippen molar-refractivity contribution in [1.82, 2.24) is 5.32 Å². The molecule has 0 aromatic carbocycles. The van der Waals surface area contributed by atoms with Crippen molar-refractivity contribution in [2.45, 2.75) is 53.4 Å². The molecule has 0 unspecified atom stereocenters. The second-order valence-electron chi connectivity index (χ2n) is 3.64. The van der Waals surface area contributed by atoms with Crippen LogP contribution in [-0.2, 0) is 4.79 Å². The summed E-state index contributed by atoms with van der Waals surface area (Å²) in [5, 5.41) is 2.63. The number of hydrogen-bond acceptors (Lipinski definition) is 1. The van der Waals surface area contributed by atoms with Gasteiger partial charge in [-0.2, -0.15) is 0 Å². The fourth-order valence-electron chi connectivity index (χ4n) is 1.79. The minimum atomic E-state index is 0.726. The number of carbonyl (C=O) groups excluding carboxylic acids is 1. The van der Waals surface area contributed by atoms with Gasteiger partial charge in [-0.15, -0.1) is 0 Å². The topological polar surface area (TPSA) is 29.1 Å². The van der Waals surface area contributed by atoms with Gasteiger partial charge < -0.3 is 5.32 Å². The van der Waals surface area contributed by atoms with Crippen LogP contribution in [0.2, 0.25) is 0 Å². The van der Waals surface area contributed by atoms with Gasteiger partial charge in [0.1, 0.15) is 0 Å². The first kappa shape index (κ1) is 13.9. The number of rotatable bonds is 2. The van der Waals surface area contributed by atoms with Gasteiger partial charge in [0.25, 0.3) is 0 Å². The monoisotopic (exact) mass is 209 g/mol. The van der Waals surface area contributed by atoms with E-state index < -0.39 is 0 Å². The normalized spacial score (nSPS) is 17.9. The molecule has 0 atom stereocenters. The lowest BCUT2D eigenvalue weighted by Crippen LogP contribution is -2.07. The van der Waals surface area contributed by atoms with E-state index in [-0.39, 0.29) is 0 Å². The number of amides is 1. The van der Waals surface area contributed by atoms with Crippen LogP contribution in [-0.4, -0.2) is 6.41 Å². The Balaban J connectivity index is 0.000000921. The summed E-state index contributed by atoms with van der Waals surface area (Å²) < 4.78 is 0. The highest BCUT2D eigenvalue weighted by Crippen LogP contribution is 2.30. The Bertz CT molecular complexity index is 247. The first-order chi connectivity index (χ1) is 7.25. The highest BCUT2D eigenvalue weighted by molar-refractivity contribution is 5.49. The van der Waals surface area contributed by atoms with Gasteiger partial charge in [-0.25, -0.2) is 0 Å². The summed E-state index contributed by atoms with van der Waals surface area (Å²) in [5.41, 5.74) is 4.11. The van der Waals surface area contributed by atoms with E-state index in [1.165, 1.54) is 29.6 Å². The van der Waals surface area contributed by atoms with Gasteiger partial charge in [-0.1, -0.05) is 19.4 Å². The van der Waals surface area contributed by atoms with Crippen molar-refractivity contribution < 1.29 is 4.79 Å². The highest BCUT2D eigenvalue weighted by atomic mass is 16.1. The van der Waals surface area contributed by atoms with E-state index in [2.05, 4.69) is 19.2 Å². The molecule has 0 spiro atoms. The van der Waals surface area contributed by atoms with Gasteiger partial charge in [-0.3, -0.25) is 4.79 Å². The molecule has 0 aliphatic heterocycles. The molecule has 2 heteroatoms. The number of hydrogen-bond donors (Lipinski definition) is 1. The van der Waals surface area contributed by atoms with E-state index in [1.807, 2.05) is 20.0 Å². The van der Waals surface area contributed by atoms with Crippen molar-refractivity contribution in [2.75, 3.05) is 0 Å². The standard InChI is InChI=1S/C11H17NO.C2H6/c1-9(2)11-6-4-3-5-10(11)7-12-8-13;1-2/h7-8H,3-6H2,1-2H3,(H,12,13);1-2H3/b10-7-;. The van der Waals surface area contributed by atoms with E-state index in [9.17, 15) is 4.79 Å². The summed E-state index contributed by atoms with van der Waals surface area (Å²) in [5.74, 6) is 0. The van der Waals surface area contributed by atoms with Crippen molar-refractivity contribution in [3.63, 3.8) is 0 Å². The van der Waals surface area contributed by atoms with E-state index in [0.29, 0.717) is 0 Å². The minimum Gasteiger partial charge on any atom is -0.335 e. The maximum absolute atomic E-state index is 10.2.